The third-order valence-electron chi connectivity index (χ3n) is 2.66. The molecule has 2 aromatic carbocycles. The summed E-state index contributed by atoms with van der Waals surface area (Å²) in [6, 6.07) is 14.1. The van der Waals surface area contributed by atoms with Gasteiger partial charge in [0.2, 0.25) is 0 Å². The van der Waals surface area contributed by atoms with Crippen molar-refractivity contribution in [1.82, 2.24) is 0 Å². The first-order valence-corrected chi connectivity index (χ1v) is 6.15. The summed E-state index contributed by atoms with van der Waals surface area (Å²) >= 11 is 3.42. The van der Waals surface area contributed by atoms with E-state index in [1.165, 1.54) is 5.56 Å². The highest BCUT2D eigenvalue weighted by Gasteiger charge is 2.02. The molecule has 0 amide bonds. The lowest BCUT2D eigenvalue weighted by molar-refractivity contribution is 0.415. The number of nitrogens with two attached hydrogens (primary N) is 1. The number of halogens is 1. The lowest BCUT2D eigenvalue weighted by Crippen LogP contribution is -1.96. The van der Waals surface area contributed by atoms with Crippen LogP contribution in [0.25, 0.3) is 0 Å². The fraction of sp³-hybridized carbons (Fsp3) is 0.143. The Bertz CT molecular complexity index is 508. The Balaban J connectivity index is 2.21. The van der Waals surface area contributed by atoms with Gasteiger partial charge in [0, 0.05) is 16.2 Å². The van der Waals surface area contributed by atoms with E-state index in [9.17, 15) is 0 Å². The van der Waals surface area contributed by atoms with Crippen molar-refractivity contribution in [2.24, 2.45) is 0 Å². The molecule has 0 aliphatic carbocycles. The fourth-order valence-electron chi connectivity index (χ4n) is 1.68. The smallest absolute Gasteiger partial charge is 0.120 e. The molecule has 0 aliphatic rings. The predicted octanol–water partition coefficient (Wildman–Crippen LogP) is 3.63. The Labute approximate surface area is 110 Å². The van der Waals surface area contributed by atoms with Crippen molar-refractivity contribution in [1.29, 1.82) is 0 Å². The van der Waals surface area contributed by atoms with Crippen molar-refractivity contribution in [2.75, 3.05) is 12.8 Å². The minimum Gasteiger partial charge on any atom is -0.497 e. The van der Waals surface area contributed by atoms with E-state index in [4.69, 9.17) is 10.5 Å². The third kappa shape index (κ3) is 3.01. The molecule has 17 heavy (non-hydrogen) atoms. The molecule has 0 radical (unpaired) electrons. The SMILES string of the molecule is COc1ccc(Cc2ccc(Br)cc2)c(N)c1. The monoisotopic (exact) mass is 291 g/mol. The molecule has 2 nitrogen and oxygen atoms in total. The average molecular weight is 292 g/mol. The summed E-state index contributed by atoms with van der Waals surface area (Å²) in [5.41, 5.74) is 9.12. The number of hydrogen-bond donors (Lipinski definition) is 1. The summed E-state index contributed by atoms with van der Waals surface area (Å²) in [7, 11) is 1.64. The molecule has 2 aromatic rings. The van der Waals surface area contributed by atoms with E-state index < -0.39 is 0 Å². The van der Waals surface area contributed by atoms with Gasteiger partial charge < -0.3 is 10.5 Å². The maximum absolute atomic E-state index is 5.99. The van der Waals surface area contributed by atoms with Crippen LogP contribution in [0.5, 0.6) is 5.75 Å². The van der Waals surface area contributed by atoms with Gasteiger partial charge in [-0.3, -0.25) is 0 Å². The molecule has 0 saturated carbocycles. The normalized spacial score (nSPS) is 10.2. The van der Waals surface area contributed by atoms with E-state index >= 15 is 0 Å². The standard InChI is InChI=1S/C14H14BrNO/c1-17-13-7-4-11(14(16)9-13)8-10-2-5-12(15)6-3-10/h2-7,9H,8,16H2,1H3. The van der Waals surface area contributed by atoms with Crippen molar-refractivity contribution in [3.05, 3.63) is 58.1 Å². The second-order valence-electron chi connectivity index (χ2n) is 3.87. The van der Waals surface area contributed by atoms with E-state index in [0.717, 1.165) is 27.9 Å². The number of rotatable bonds is 3. The molecule has 0 heterocycles. The van der Waals surface area contributed by atoms with Crippen LogP contribution in [0.15, 0.2) is 46.9 Å². The lowest BCUT2D eigenvalue weighted by atomic mass is 10.0. The summed E-state index contributed by atoms with van der Waals surface area (Å²) in [5.74, 6) is 0.794. The molecule has 0 aromatic heterocycles. The molecule has 2 N–H and O–H groups in total. The van der Waals surface area contributed by atoms with Crippen LogP contribution >= 0.6 is 15.9 Å². The first-order valence-electron chi connectivity index (χ1n) is 5.36. The fourth-order valence-corrected chi connectivity index (χ4v) is 1.95. The molecule has 0 aliphatic heterocycles. The van der Waals surface area contributed by atoms with Gasteiger partial charge in [0.1, 0.15) is 5.75 Å². The van der Waals surface area contributed by atoms with Gasteiger partial charge in [-0.15, -0.1) is 0 Å². The lowest BCUT2D eigenvalue weighted by Gasteiger charge is -2.08. The van der Waals surface area contributed by atoms with Gasteiger partial charge in [-0.25, -0.2) is 0 Å². The topological polar surface area (TPSA) is 35.2 Å². The third-order valence-corrected chi connectivity index (χ3v) is 3.19. The van der Waals surface area contributed by atoms with Crippen LogP contribution in [0.2, 0.25) is 0 Å². The van der Waals surface area contributed by atoms with Crippen LogP contribution in [0, 0.1) is 0 Å². The van der Waals surface area contributed by atoms with Crippen LogP contribution in [0.3, 0.4) is 0 Å². The summed E-state index contributed by atoms with van der Waals surface area (Å²) < 4.78 is 6.22. The summed E-state index contributed by atoms with van der Waals surface area (Å²) in [5, 5.41) is 0. The maximum Gasteiger partial charge on any atom is 0.120 e. The molecule has 0 saturated heterocycles. The number of benzene rings is 2. The molecule has 0 unspecified atom stereocenters. The summed E-state index contributed by atoms with van der Waals surface area (Å²) in [4.78, 5) is 0. The Morgan fingerprint density at radius 2 is 1.82 bits per heavy atom. The minimum atomic E-state index is 0.771. The maximum atomic E-state index is 5.99. The van der Waals surface area contributed by atoms with Crippen molar-refractivity contribution in [2.45, 2.75) is 6.42 Å². The highest BCUT2D eigenvalue weighted by molar-refractivity contribution is 9.10. The molecule has 2 rings (SSSR count). The second kappa shape index (κ2) is 5.23. The zero-order chi connectivity index (χ0) is 12.3. The van der Waals surface area contributed by atoms with Gasteiger partial charge in [0.15, 0.2) is 0 Å². The molecule has 88 valence electrons. The van der Waals surface area contributed by atoms with Crippen LogP contribution in [0.1, 0.15) is 11.1 Å². The zero-order valence-electron chi connectivity index (χ0n) is 9.61. The van der Waals surface area contributed by atoms with Crippen LogP contribution in [0.4, 0.5) is 5.69 Å². The molecule has 0 spiro atoms. The van der Waals surface area contributed by atoms with Crippen molar-refractivity contribution < 1.29 is 4.74 Å². The van der Waals surface area contributed by atoms with E-state index in [2.05, 4.69) is 28.1 Å². The van der Waals surface area contributed by atoms with Crippen molar-refractivity contribution >= 4 is 21.6 Å². The van der Waals surface area contributed by atoms with E-state index in [0.29, 0.717) is 0 Å². The molecule has 0 bridgehead atoms. The predicted molar refractivity (Wildman–Crippen MR) is 74.4 cm³/mol. The van der Waals surface area contributed by atoms with E-state index in [1.807, 2.05) is 30.3 Å². The highest BCUT2D eigenvalue weighted by atomic mass is 79.9. The first kappa shape index (κ1) is 12.0. The van der Waals surface area contributed by atoms with Crippen LogP contribution in [-0.2, 0) is 6.42 Å². The number of ether oxygens (including phenoxy) is 1. The van der Waals surface area contributed by atoms with E-state index in [-0.39, 0.29) is 0 Å². The van der Waals surface area contributed by atoms with Crippen LogP contribution < -0.4 is 10.5 Å². The Hall–Kier alpha value is -1.48. The Morgan fingerprint density at radius 1 is 1.12 bits per heavy atom. The van der Waals surface area contributed by atoms with Crippen molar-refractivity contribution in [3.8, 4) is 5.75 Å². The molecule has 3 heteroatoms. The largest absolute Gasteiger partial charge is 0.497 e. The van der Waals surface area contributed by atoms with Crippen LogP contribution in [-0.4, -0.2) is 7.11 Å². The number of hydrogen-bond acceptors (Lipinski definition) is 2. The first-order chi connectivity index (χ1) is 8.19. The quantitative estimate of drug-likeness (QED) is 0.877. The number of methoxy groups -OCH3 is 1. The summed E-state index contributed by atoms with van der Waals surface area (Å²) in [6.07, 6.45) is 0.836. The minimum absolute atomic E-state index is 0.771. The Morgan fingerprint density at radius 3 is 2.41 bits per heavy atom. The molecular weight excluding hydrogens is 278 g/mol. The van der Waals surface area contributed by atoms with Crippen molar-refractivity contribution in [3.63, 3.8) is 0 Å². The van der Waals surface area contributed by atoms with Gasteiger partial charge in [0.05, 0.1) is 7.11 Å². The average Bonchev–Trinajstić information content (AvgIpc) is 2.34. The van der Waals surface area contributed by atoms with Gasteiger partial charge >= 0.3 is 0 Å². The van der Waals surface area contributed by atoms with Gasteiger partial charge in [0.25, 0.3) is 0 Å². The molecule has 0 atom stereocenters. The summed E-state index contributed by atoms with van der Waals surface area (Å²) in [6.45, 7) is 0. The van der Waals surface area contributed by atoms with E-state index in [1.54, 1.807) is 7.11 Å². The second-order valence-corrected chi connectivity index (χ2v) is 4.78. The molecular formula is C14H14BrNO. The highest BCUT2D eigenvalue weighted by Crippen LogP contribution is 2.22. The molecule has 0 fully saturated rings. The zero-order valence-corrected chi connectivity index (χ0v) is 11.2. The number of anilines is 1. The van der Waals surface area contributed by atoms with Gasteiger partial charge in [-0.05, 0) is 35.7 Å². The van der Waals surface area contributed by atoms with Gasteiger partial charge in [-0.2, -0.15) is 0 Å². The number of nitrogen functional groups attached to an aromatic ring is 1. The Kier molecular flexibility index (Phi) is 3.69. The van der Waals surface area contributed by atoms with Gasteiger partial charge in [-0.1, -0.05) is 34.1 Å².